The number of benzene rings is 3. The van der Waals surface area contributed by atoms with E-state index in [1.165, 1.54) is 0 Å². The predicted octanol–water partition coefficient (Wildman–Crippen LogP) is 6.12. The summed E-state index contributed by atoms with van der Waals surface area (Å²) in [5.74, 6) is 2.43. The second-order valence-electron chi connectivity index (χ2n) is 8.13. The summed E-state index contributed by atoms with van der Waals surface area (Å²) in [6, 6.07) is 24.7. The van der Waals surface area contributed by atoms with Crippen molar-refractivity contribution in [3.05, 3.63) is 89.5 Å². The van der Waals surface area contributed by atoms with Crippen molar-refractivity contribution >= 4 is 5.71 Å². The van der Waals surface area contributed by atoms with Crippen LogP contribution in [0.5, 0.6) is 17.2 Å². The molecule has 3 aromatic rings. The van der Waals surface area contributed by atoms with Crippen molar-refractivity contribution in [2.75, 3.05) is 13.7 Å². The highest BCUT2D eigenvalue weighted by Crippen LogP contribution is 2.50. The molecule has 5 nitrogen and oxygen atoms in total. The zero-order chi connectivity index (χ0) is 21.9. The molecule has 0 aliphatic carbocycles. The topological polar surface area (TPSA) is 43.3 Å². The molecule has 0 spiro atoms. The van der Waals surface area contributed by atoms with Gasteiger partial charge in [-0.15, -0.1) is 0 Å². The number of methoxy groups -OCH3 is 1. The molecule has 0 bridgehead atoms. The number of fused-ring (bicyclic) bond motifs is 3. The first-order valence-corrected chi connectivity index (χ1v) is 11.3. The second kappa shape index (κ2) is 8.95. The van der Waals surface area contributed by atoms with E-state index in [9.17, 15) is 0 Å². The van der Waals surface area contributed by atoms with Gasteiger partial charge in [-0.2, -0.15) is 5.10 Å². The third-order valence-corrected chi connectivity index (χ3v) is 6.04. The van der Waals surface area contributed by atoms with Crippen molar-refractivity contribution in [2.24, 2.45) is 5.10 Å². The molecule has 2 aliphatic rings. The van der Waals surface area contributed by atoms with Crippen LogP contribution < -0.4 is 14.2 Å². The monoisotopic (exact) mass is 428 g/mol. The van der Waals surface area contributed by atoms with Gasteiger partial charge in [-0.1, -0.05) is 55.8 Å². The fourth-order valence-corrected chi connectivity index (χ4v) is 4.33. The molecule has 0 unspecified atom stereocenters. The first-order valence-electron chi connectivity index (χ1n) is 11.3. The summed E-state index contributed by atoms with van der Waals surface area (Å²) in [4.78, 5) is 0. The highest BCUT2D eigenvalue weighted by Gasteiger charge is 2.42. The van der Waals surface area contributed by atoms with E-state index >= 15 is 0 Å². The van der Waals surface area contributed by atoms with Crippen LogP contribution in [0.15, 0.2) is 77.9 Å². The number of rotatable bonds is 7. The van der Waals surface area contributed by atoms with E-state index in [2.05, 4.69) is 54.4 Å². The fraction of sp³-hybridized carbons (Fsp3) is 0.296. The molecule has 5 rings (SSSR count). The first-order chi connectivity index (χ1) is 15.8. The summed E-state index contributed by atoms with van der Waals surface area (Å²) in [7, 11) is 1.68. The van der Waals surface area contributed by atoms with Crippen molar-refractivity contribution < 1.29 is 14.2 Å². The van der Waals surface area contributed by atoms with Gasteiger partial charge in [0.15, 0.2) is 11.5 Å². The van der Waals surface area contributed by atoms with Gasteiger partial charge < -0.3 is 14.2 Å². The molecule has 2 heterocycles. The van der Waals surface area contributed by atoms with Gasteiger partial charge in [0.05, 0.1) is 25.5 Å². The van der Waals surface area contributed by atoms with Gasteiger partial charge >= 0.3 is 0 Å². The van der Waals surface area contributed by atoms with Gasteiger partial charge in [-0.3, -0.25) is 0 Å². The number of hydrogen-bond acceptors (Lipinski definition) is 5. The van der Waals surface area contributed by atoms with Crippen LogP contribution in [-0.2, 0) is 0 Å². The first kappa shape index (κ1) is 20.4. The van der Waals surface area contributed by atoms with E-state index in [-0.39, 0.29) is 12.3 Å². The summed E-state index contributed by atoms with van der Waals surface area (Å²) >= 11 is 0. The van der Waals surface area contributed by atoms with E-state index in [0.717, 1.165) is 65.5 Å². The lowest BCUT2D eigenvalue weighted by molar-refractivity contribution is -0.0209. The zero-order valence-electron chi connectivity index (χ0n) is 18.5. The van der Waals surface area contributed by atoms with Crippen molar-refractivity contribution in [3.8, 4) is 17.2 Å². The average molecular weight is 429 g/mol. The summed E-state index contributed by atoms with van der Waals surface area (Å²) < 4.78 is 18.0. The smallest absolute Gasteiger partial charge is 0.214 e. The van der Waals surface area contributed by atoms with Crippen LogP contribution in [0, 0.1) is 0 Å². The zero-order valence-corrected chi connectivity index (χ0v) is 18.5. The lowest BCUT2D eigenvalue weighted by Gasteiger charge is -2.38. The summed E-state index contributed by atoms with van der Waals surface area (Å²) in [5, 5.41) is 7.12. The Morgan fingerprint density at radius 2 is 1.81 bits per heavy atom. The number of para-hydroxylation sites is 1. The van der Waals surface area contributed by atoms with E-state index in [4.69, 9.17) is 19.3 Å². The van der Waals surface area contributed by atoms with Gasteiger partial charge in [-0.05, 0) is 42.3 Å². The normalized spacial score (nSPS) is 18.9. The van der Waals surface area contributed by atoms with Gasteiger partial charge in [0, 0.05) is 17.5 Å². The van der Waals surface area contributed by atoms with Crippen LogP contribution in [0.1, 0.15) is 55.1 Å². The number of nitrogens with zero attached hydrogens (tertiary/aromatic N) is 2. The molecular weight excluding hydrogens is 400 g/mol. The Morgan fingerprint density at radius 3 is 2.56 bits per heavy atom. The number of unbranched alkanes of at least 4 members (excludes halogenated alkanes) is 1. The van der Waals surface area contributed by atoms with Gasteiger partial charge in [0.25, 0.3) is 0 Å². The summed E-state index contributed by atoms with van der Waals surface area (Å²) in [5.41, 5.74) is 4.35. The Morgan fingerprint density at radius 1 is 1.00 bits per heavy atom. The van der Waals surface area contributed by atoms with Crippen LogP contribution in [0.4, 0.5) is 0 Å². The van der Waals surface area contributed by atoms with Crippen LogP contribution in [0.3, 0.4) is 0 Å². The molecule has 164 valence electrons. The molecule has 0 aromatic heterocycles. The molecule has 32 heavy (non-hydrogen) atoms. The third-order valence-electron chi connectivity index (χ3n) is 6.04. The SMILES string of the molecule is CCCCOc1ccc([C@@H]2Oc3c(OC)cccc3[C@H]3CC(c4ccccc4)=NN32)cc1. The minimum Gasteiger partial charge on any atom is -0.494 e. The molecule has 5 heteroatoms. The minimum absolute atomic E-state index is 0.0922. The standard InChI is InChI=1S/C27H28N2O3/c1-3-4-17-31-21-15-13-20(14-16-21)27-29-24(18-23(28-29)19-9-6-5-7-10-19)22-11-8-12-25(30-2)26(22)32-27/h5-16,24,27H,3-4,17-18H2,1-2H3/t24-,27+/m1/s1. The van der Waals surface area contributed by atoms with E-state index < -0.39 is 0 Å². The maximum Gasteiger partial charge on any atom is 0.214 e. The second-order valence-corrected chi connectivity index (χ2v) is 8.13. The van der Waals surface area contributed by atoms with Crippen LogP contribution in [0.25, 0.3) is 0 Å². The van der Waals surface area contributed by atoms with Crippen molar-refractivity contribution in [1.82, 2.24) is 5.01 Å². The van der Waals surface area contributed by atoms with E-state index in [1.54, 1.807) is 7.11 Å². The minimum atomic E-state index is -0.338. The molecule has 0 saturated carbocycles. The molecule has 2 aliphatic heterocycles. The largest absolute Gasteiger partial charge is 0.494 e. The Kier molecular flexibility index (Phi) is 5.71. The Hall–Kier alpha value is -3.47. The Labute approximate surface area is 189 Å². The van der Waals surface area contributed by atoms with Crippen molar-refractivity contribution in [1.29, 1.82) is 0 Å². The van der Waals surface area contributed by atoms with Gasteiger partial charge in [0.1, 0.15) is 5.75 Å². The Balaban J connectivity index is 1.50. The number of hydrazone groups is 1. The van der Waals surface area contributed by atoms with E-state index in [0.29, 0.717) is 0 Å². The van der Waals surface area contributed by atoms with Crippen molar-refractivity contribution in [3.63, 3.8) is 0 Å². The third kappa shape index (κ3) is 3.79. The molecule has 0 radical (unpaired) electrons. The molecule has 0 N–H and O–H groups in total. The molecule has 3 aromatic carbocycles. The molecule has 0 fully saturated rings. The Bertz CT molecular complexity index is 1100. The average Bonchev–Trinajstić information content (AvgIpc) is 3.30. The summed E-state index contributed by atoms with van der Waals surface area (Å²) in [6.45, 7) is 2.90. The van der Waals surface area contributed by atoms with Gasteiger partial charge in [0.2, 0.25) is 6.23 Å². The maximum absolute atomic E-state index is 6.53. The van der Waals surface area contributed by atoms with Crippen LogP contribution in [0.2, 0.25) is 0 Å². The molecular formula is C27H28N2O3. The highest BCUT2D eigenvalue weighted by molar-refractivity contribution is 6.01. The maximum atomic E-state index is 6.53. The lowest BCUT2D eigenvalue weighted by Crippen LogP contribution is -2.33. The number of hydrogen-bond donors (Lipinski definition) is 0. The highest BCUT2D eigenvalue weighted by atomic mass is 16.5. The number of ether oxygens (including phenoxy) is 3. The quantitative estimate of drug-likeness (QED) is 0.426. The molecule has 0 amide bonds. The summed E-state index contributed by atoms with van der Waals surface area (Å²) in [6.07, 6.45) is 2.65. The predicted molar refractivity (Wildman–Crippen MR) is 125 cm³/mol. The van der Waals surface area contributed by atoms with Crippen LogP contribution >= 0.6 is 0 Å². The van der Waals surface area contributed by atoms with E-state index in [1.807, 2.05) is 30.3 Å². The lowest BCUT2D eigenvalue weighted by atomic mass is 9.95. The van der Waals surface area contributed by atoms with Gasteiger partial charge in [-0.25, -0.2) is 5.01 Å². The molecule has 2 atom stereocenters. The van der Waals surface area contributed by atoms with Crippen LogP contribution in [-0.4, -0.2) is 24.4 Å². The fourth-order valence-electron chi connectivity index (χ4n) is 4.33. The molecule has 0 saturated heterocycles. The van der Waals surface area contributed by atoms with Crippen molar-refractivity contribution in [2.45, 2.75) is 38.5 Å².